The van der Waals surface area contributed by atoms with Crippen LogP contribution < -0.4 is 5.73 Å². The second-order valence-electron chi connectivity index (χ2n) is 4.21. The summed E-state index contributed by atoms with van der Waals surface area (Å²) in [4.78, 5) is 20.6. The SMILES string of the molecule is Nc1ccc(C(=O)c2cccc3ccncc23)nc1. The average Bonchev–Trinajstić information content (AvgIpc) is 2.47. The molecule has 0 saturated carbocycles. The van der Waals surface area contributed by atoms with Gasteiger partial charge in [0, 0.05) is 23.3 Å². The number of anilines is 1. The third kappa shape index (κ3) is 2.04. The van der Waals surface area contributed by atoms with E-state index in [1.165, 1.54) is 6.20 Å². The molecule has 2 aromatic heterocycles. The molecule has 19 heavy (non-hydrogen) atoms. The first-order valence-corrected chi connectivity index (χ1v) is 5.85. The molecule has 2 N–H and O–H groups in total. The lowest BCUT2D eigenvalue weighted by Gasteiger charge is -2.05. The number of pyridine rings is 2. The predicted molar refractivity (Wildman–Crippen MR) is 73.8 cm³/mol. The minimum absolute atomic E-state index is 0.126. The van der Waals surface area contributed by atoms with Crippen molar-refractivity contribution in [3.05, 3.63) is 66.2 Å². The Bertz CT molecular complexity index is 745. The van der Waals surface area contributed by atoms with Crippen LogP contribution >= 0.6 is 0 Å². The largest absolute Gasteiger partial charge is 0.397 e. The molecule has 0 spiro atoms. The van der Waals surface area contributed by atoms with E-state index in [4.69, 9.17) is 5.73 Å². The smallest absolute Gasteiger partial charge is 0.212 e. The van der Waals surface area contributed by atoms with Crippen molar-refractivity contribution in [3.8, 4) is 0 Å². The molecule has 0 radical (unpaired) electrons. The zero-order valence-electron chi connectivity index (χ0n) is 10.1. The maximum atomic E-state index is 12.4. The molecule has 3 rings (SSSR count). The predicted octanol–water partition coefficient (Wildman–Crippen LogP) is 2.44. The summed E-state index contributed by atoms with van der Waals surface area (Å²) in [6.07, 6.45) is 4.88. The summed E-state index contributed by atoms with van der Waals surface area (Å²) < 4.78 is 0. The Morgan fingerprint density at radius 3 is 2.74 bits per heavy atom. The lowest BCUT2D eigenvalue weighted by atomic mass is 10.0. The summed E-state index contributed by atoms with van der Waals surface area (Å²) >= 11 is 0. The van der Waals surface area contributed by atoms with Crippen molar-refractivity contribution < 1.29 is 4.79 Å². The molecule has 4 nitrogen and oxygen atoms in total. The fraction of sp³-hybridized carbons (Fsp3) is 0. The van der Waals surface area contributed by atoms with Crippen molar-refractivity contribution in [2.24, 2.45) is 0 Å². The second-order valence-corrected chi connectivity index (χ2v) is 4.21. The third-order valence-electron chi connectivity index (χ3n) is 2.95. The van der Waals surface area contributed by atoms with Gasteiger partial charge in [0.25, 0.3) is 0 Å². The zero-order valence-corrected chi connectivity index (χ0v) is 10.1. The summed E-state index contributed by atoms with van der Waals surface area (Å²) in [7, 11) is 0. The zero-order chi connectivity index (χ0) is 13.2. The Labute approximate surface area is 109 Å². The third-order valence-corrected chi connectivity index (χ3v) is 2.95. The van der Waals surface area contributed by atoms with Gasteiger partial charge in [-0.15, -0.1) is 0 Å². The highest BCUT2D eigenvalue weighted by Gasteiger charge is 2.13. The standard InChI is InChI=1S/C15H11N3O/c16-11-4-5-14(18-8-11)15(19)12-3-1-2-10-6-7-17-9-13(10)12/h1-9H,16H2. The van der Waals surface area contributed by atoms with Crippen LogP contribution in [0, 0.1) is 0 Å². The minimum Gasteiger partial charge on any atom is -0.397 e. The molecule has 0 atom stereocenters. The number of benzene rings is 1. The average molecular weight is 249 g/mol. The summed E-state index contributed by atoms with van der Waals surface area (Å²) in [5.41, 5.74) is 7.09. The number of aromatic nitrogens is 2. The number of rotatable bonds is 2. The van der Waals surface area contributed by atoms with E-state index in [2.05, 4.69) is 9.97 Å². The molecule has 0 saturated heterocycles. The van der Waals surface area contributed by atoms with Crippen LogP contribution in [0.25, 0.3) is 10.8 Å². The number of nitrogen functional groups attached to an aromatic ring is 1. The number of carbonyl (C=O) groups excluding carboxylic acids is 1. The molecule has 0 fully saturated rings. The highest BCUT2D eigenvalue weighted by atomic mass is 16.1. The molecule has 2 heterocycles. The van der Waals surface area contributed by atoms with E-state index in [1.54, 1.807) is 30.6 Å². The van der Waals surface area contributed by atoms with Crippen LogP contribution in [0.5, 0.6) is 0 Å². The molecule has 4 heteroatoms. The first-order chi connectivity index (χ1) is 9.25. The van der Waals surface area contributed by atoms with E-state index in [-0.39, 0.29) is 5.78 Å². The Morgan fingerprint density at radius 1 is 1.05 bits per heavy atom. The van der Waals surface area contributed by atoms with E-state index in [0.717, 1.165) is 10.8 Å². The molecular formula is C15H11N3O. The van der Waals surface area contributed by atoms with Gasteiger partial charge >= 0.3 is 0 Å². The van der Waals surface area contributed by atoms with Gasteiger partial charge in [-0.2, -0.15) is 0 Å². The summed E-state index contributed by atoms with van der Waals surface area (Å²) in [5, 5.41) is 1.81. The Hall–Kier alpha value is -2.75. The van der Waals surface area contributed by atoms with Gasteiger partial charge in [-0.25, -0.2) is 0 Å². The Balaban J connectivity index is 2.14. The van der Waals surface area contributed by atoms with Crippen LogP contribution in [0.4, 0.5) is 5.69 Å². The Morgan fingerprint density at radius 2 is 1.95 bits per heavy atom. The minimum atomic E-state index is -0.126. The number of hydrogen-bond acceptors (Lipinski definition) is 4. The maximum absolute atomic E-state index is 12.4. The second kappa shape index (κ2) is 4.49. The molecule has 0 unspecified atom stereocenters. The lowest BCUT2D eigenvalue weighted by molar-refractivity contribution is 0.103. The van der Waals surface area contributed by atoms with Gasteiger partial charge in [0.1, 0.15) is 5.69 Å². The molecule has 0 aliphatic heterocycles. The van der Waals surface area contributed by atoms with Crippen molar-refractivity contribution >= 4 is 22.2 Å². The van der Waals surface area contributed by atoms with Gasteiger partial charge < -0.3 is 5.73 Å². The van der Waals surface area contributed by atoms with E-state index < -0.39 is 0 Å². The van der Waals surface area contributed by atoms with Gasteiger partial charge in [-0.1, -0.05) is 18.2 Å². The first-order valence-electron chi connectivity index (χ1n) is 5.85. The van der Waals surface area contributed by atoms with Crippen molar-refractivity contribution in [2.75, 3.05) is 5.73 Å². The van der Waals surface area contributed by atoms with Crippen molar-refractivity contribution in [1.29, 1.82) is 0 Å². The molecule has 0 bridgehead atoms. The molecule has 3 aromatic rings. The fourth-order valence-corrected chi connectivity index (χ4v) is 1.99. The van der Waals surface area contributed by atoms with Crippen molar-refractivity contribution in [2.45, 2.75) is 0 Å². The van der Waals surface area contributed by atoms with Crippen LogP contribution in [0.15, 0.2) is 55.0 Å². The van der Waals surface area contributed by atoms with Gasteiger partial charge in [-0.05, 0) is 23.6 Å². The molecule has 1 aromatic carbocycles. The molecule has 0 aliphatic rings. The number of fused-ring (bicyclic) bond motifs is 1. The monoisotopic (exact) mass is 249 g/mol. The molecule has 92 valence electrons. The topological polar surface area (TPSA) is 68.9 Å². The Kier molecular flexibility index (Phi) is 2.68. The fourth-order valence-electron chi connectivity index (χ4n) is 1.99. The van der Waals surface area contributed by atoms with E-state index in [0.29, 0.717) is 16.9 Å². The van der Waals surface area contributed by atoms with Crippen LogP contribution in [0.2, 0.25) is 0 Å². The molecule has 0 aliphatic carbocycles. The highest BCUT2D eigenvalue weighted by Crippen LogP contribution is 2.20. The van der Waals surface area contributed by atoms with Gasteiger partial charge in [0.05, 0.1) is 11.9 Å². The van der Waals surface area contributed by atoms with Crippen molar-refractivity contribution in [3.63, 3.8) is 0 Å². The number of carbonyl (C=O) groups is 1. The molecular weight excluding hydrogens is 238 g/mol. The quantitative estimate of drug-likeness (QED) is 0.708. The number of ketones is 1. The van der Waals surface area contributed by atoms with Gasteiger partial charge in [0.15, 0.2) is 0 Å². The summed E-state index contributed by atoms with van der Waals surface area (Å²) in [6, 6.07) is 10.8. The van der Waals surface area contributed by atoms with Gasteiger partial charge in [0.2, 0.25) is 5.78 Å². The summed E-state index contributed by atoms with van der Waals surface area (Å²) in [6.45, 7) is 0. The number of nitrogens with two attached hydrogens (primary N) is 1. The van der Waals surface area contributed by atoms with Gasteiger partial charge in [-0.3, -0.25) is 14.8 Å². The van der Waals surface area contributed by atoms with E-state index >= 15 is 0 Å². The first kappa shape index (κ1) is 11.3. The van der Waals surface area contributed by atoms with E-state index in [1.807, 2.05) is 18.2 Å². The maximum Gasteiger partial charge on any atom is 0.212 e. The van der Waals surface area contributed by atoms with Crippen LogP contribution in [-0.4, -0.2) is 15.8 Å². The lowest BCUT2D eigenvalue weighted by Crippen LogP contribution is -2.05. The van der Waals surface area contributed by atoms with Crippen LogP contribution in [0.3, 0.4) is 0 Å². The normalized spacial score (nSPS) is 10.5. The molecule has 0 amide bonds. The summed E-state index contributed by atoms with van der Waals surface area (Å²) in [5.74, 6) is -0.126. The number of nitrogens with zero attached hydrogens (tertiary/aromatic N) is 2. The van der Waals surface area contributed by atoms with Crippen LogP contribution in [0.1, 0.15) is 16.1 Å². The van der Waals surface area contributed by atoms with Crippen LogP contribution in [-0.2, 0) is 0 Å². The highest BCUT2D eigenvalue weighted by molar-refractivity contribution is 6.15. The number of hydrogen-bond donors (Lipinski definition) is 1. The van der Waals surface area contributed by atoms with E-state index in [9.17, 15) is 4.79 Å². The van der Waals surface area contributed by atoms with Crippen molar-refractivity contribution in [1.82, 2.24) is 9.97 Å².